The van der Waals surface area contributed by atoms with Crippen LogP contribution in [0.15, 0.2) is 24.3 Å². The van der Waals surface area contributed by atoms with Crippen LogP contribution in [0.4, 0.5) is 4.79 Å². The lowest BCUT2D eigenvalue weighted by molar-refractivity contribution is -0.147. The predicted octanol–water partition coefficient (Wildman–Crippen LogP) is 11.9. The quantitative estimate of drug-likeness (QED) is 0.0280. The highest BCUT2D eigenvalue weighted by atomic mass is 16.6. The first-order valence-electron chi connectivity index (χ1n) is 21.8. The fourth-order valence-electron chi connectivity index (χ4n) is 5.94. The van der Waals surface area contributed by atoms with Gasteiger partial charge in [0, 0.05) is 19.4 Å². The zero-order valence-corrected chi connectivity index (χ0v) is 34.2. The van der Waals surface area contributed by atoms with Crippen molar-refractivity contribution in [3.8, 4) is 0 Å². The molecule has 0 saturated carbocycles. The highest BCUT2D eigenvalue weighted by Gasteiger charge is 2.18. The number of alkyl carbamates (subject to hydrolysis) is 1. The summed E-state index contributed by atoms with van der Waals surface area (Å²) in [6, 6.07) is -0.664. The van der Waals surface area contributed by atoms with Crippen molar-refractivity contribution in [3.63, 3.8) is 0 Å². The van der Waals surface area contributed by atoms with Crippen molar-refractivity contribution in [1.82, 2.24) is 10.6 Å². The molecule has 52 heavy (non-hydrogen) atoms. The smallest absolute Gasteiger partial charge is 0.407 e. The lowest BCUT2D eigenvalue weighted by Gasteiger charge is -2.19. The minimum Gasteiger partial charge on any atom is -0.463 e. The van der Waals surface area contributed by atoms with Crippen LogP contribution in [-0.2, 0) is 23.8 Å². The standard InChI is InChI=1S/C44H82N2O6/c1-4-7-9-11-13-15-17-19-21-23-25-27-29-31-33-35-42(47)51-39-41(46-44(49)50-38-37-45-6-3)40-52-43(48)36-34-32-30-28-26-24-22-20-18-16-14-12-10-8-5-2/h19-22,41,45H,4-18,23-40H2,1-3H3,(H,46,49)/b21-19-,22-20-. The first-order valence-corrected chi connectivity index (χ1v) is 21.8. The van der Waals surface area contributed by atoms with Crippen LogP contribution in [0.1, 0.15) is 201 Å². The van der Waals surface area contributed by atoms with Crippen LogP contribution >= 0.6 is 0 Å². The normalized spacial score (nSPS) is 11.5. The molecule has 0 saturated heterocycles. The summed E-state index contributed by atoms with van der Waals surface area (Å²) in [4.78, 5) is 37.2. The Hall–Kier alpha value is -2.35. The van der Waals surface area contributed by atoms with Crippen LogP contribution in [0.2, 0.25) is 0 Å². The van der Waals surface area contributed by atoms with Gasteiger partial charge in [0.15, 0.2) is 0 Å². The minimum absolute atomic E-state index is 0.0626. The molecular weight excluding hydrogens is 652 g/mol. The number of amides is 1. The topological polar surface area (TPSA) is 103 Å². The molecular formula is C44H82N2O6. The summed E-state index contributed by atoms with van der Waals surface area (Å²) in [5, 5.41) is 5.79. The molecule has 0 aliphatic heterocycles. The van der Waals surface area contributed by atoms with Gasteiger partial charge >= 0.3 is 18.0 Å². The summed E-state index contributed by atoms with van der Waals surface area (Å²) in [6.45, 7) is 7.92. The van der Waals surface area contributed by atoms with Gasteiger partial charge in [0.1, 0.15) is 25.9 Å². The molecule has 0 aromatic carbocycles. The van der Waals surface area contributed by atoms with E-state index in [4.69, 9.17) is 14.2 Å². The molecule has 0 heterocycles. The van der Waals surface area contributed by atoms with Crippen molar-refractivity contribution in [2.45, 2.75) is 207 Å². The molecule has 0 radical (unpaired) electrons. The van der Waals surface area contributed by atoms with E-state index in [1.54, 1.807) is 0 Å². The van der Waals surface area contributed by atoms with Gasteiger partial charge in [0.05, 0.1) is 0 Å². The number of likely N-dealkylation sites (N-methyl/N-ethyl adjacent to an activating group) is 1. The Morgan fingerprint density at radius 2 is 0.846 bits per heavy atom. The first kappa shape index (κ1) is 49.6. The fourth-order valence-corrected chi connectivity index (χ4v) is 5.94. The molecule has 8 nitrogen and oxygen atoms in total. The summed E-state index contributed by atoms with van der Waals surface area (Å²) in [7, 11) is 0. The largest absolute Gasteiger partial charge is 0.463 e. The van der Waals surface area contributed by atoms with E-state index in [1.165, 1.54) is 116 Å². The molecule has 1 amide bonds. The van der Waals surface area contributed by atoms with E-state index in [-0.39, 0.29) is 31.8 Å². The molecule has 0 aromatic heterocycles. The third kappa shape index (κ3) is 38.9. The molecule has 0 unspecified atom stereocenters. The average molecular weight is 735 g/mol. The van der Waals surface area contributed by atoms with Crippen LogP contribution in [0.3, 0.4) is 0 Å². The maximum atomic E-state index is 12.4. The van der Waals surface area contributed by atoms with Crippen molar-refractivity contribution in [3.05, 3.63) is 24.3 Å². The summed E-state index contributed by atoms with van der Waals surface area (Å²) >= 11 is 0. The van der Waals surface area contributed by atoms with Crippen LogP contribution in [0, 0.1) is 0 Å². The number of carbonyl (C=O) groups excluding carboxylic acids is 3. The van der Waals surface area contributed by atoms with Crippen molar-refractivity contribution >= 4 is 18.0 Å². The van der Waals surface area contributed by atoms with Gasteiger partial charge in [-0.1, -0.05) is 148 Å². The van der Waals surface area contributed by atoms with Crippen LogP contribution < -0.4 is 10.6 Å². The van der Waals surface area contributed by atoms with E-state index in [0.717, 1.165) is 57.9 Å². The monoisotopic (exact) mass is 735 g/mol. The van der Waals surface area contributed by atoms with Crippen molar-refractivity contribution in [2.75, 3.05) is 32.9 Å². The van der Waals surface area contributed by atoms with Crippen molar-refractivity contribution < 1.29 is 28.6 Å². The minimum atomic E-state index is -0.664. The number of hydrogen-bond acceptors (Lipinski definition) is 7. The van der Waals surface area contributed by atoms with E-state index in [9.17, 15) is 14.4 Å². The SMILES string of the molecule is CCCCCCCC/C=C\CCCCCCCC(=O)OCC(COC(=O)CCCCCCC/C=C\CCCCCCCC)NC(=O)OCCNCC. The number of allylic oxidation sites excluding steroid dienone is 4. The zero-order chi connectivity index (χ0) is 38.0. The van der Waals surface area contributed by atoms with E-state index in [2.05, 4.69) is 48.8 Å². The van der Waals surface area contributed by atoms with Crippen LogP contribution in [0.25, 0.3) is 0 Å². The Morgan fingerprint density at radius 1 is 0.481 bits per heavy atom. The zero-order valence-electron chi connectivity index (χ0n) is 34.2. The molecule has 0 bridgehead atoms. The average Bonchev–Trinajstić information content (AvgIpc) is 3.14. The third-order valence-electron chi connectivity index (χ3n) is 9.26. The highest BCUT2D eigenvalue weighted by molar-refractivity contribution is 5.70. The lowest BCUT2D eigenvalue weighted by atomic mass is 10.1. The highest BCUT2D eigenvalue weighted by Crippen LogP contribution is 2.12. The van der Waals surface area contributed by atoms with Gasteiger partial charge in [-0.25, -0.2) is 4.79 Å². The van der Waals surface area contributed by atoms with E-state index in [1.807, 2.05) is 6.92 Å². The molecule has 0 rings (SSSR count). The molecule has 0 spiro atoms. The Morgan fingerprint density at radius 3 is 1.23 bits per heavy atom. The lowest BCUT2D eigenvalue weighted by Crippen LogP contribution is -2.43. The molecule has 0 aliphatic rings. The van der Waals surface area contributed by atoms with Gasteiger partial charge in [0.25, 0.3) is 0 Å². The maximum Gasteiger partial charge on any atom is 0.407 e. The second-order valence-electron chi connectivity index (χ2n) is 14.4. The number of rotatable bonds is 39. The fraction of sp³-hybridized carbons (Fsp3) is 0.841. The molecule has 8 heteroatoms. The Balaban J connectivity index is 4.14. The molecule has 2 N–H and O–H groups in total. The van der Waals surface area contributed by atoms with Gasteiger partial charge in [0.2, 0.25) is 0 Å². The van der Waals surface area contributed by atoms with Crippen LogP contribution in [0.5, 0.6) is 0 Å². The third-order valence-corrected chi connectivity index (χ3v) is 9.26. The first-order chi connectivity index (χ1) is 25.5. The van der Waals surface area contributed by atoms with Gasteiger partial charge in [-0.3, -0.25) is 9.59 Å². The number of ether oxygens (including phenoxy) is 3. The molecule has 304 valence electrons. The van der Waals surface area contributed by atoms with Crippen molar-refractivity contribution in [2.24, 2.45) is 0 Å². The van der Waals surface area contributed by atoms with Gasteiger partial charge in [-0.15, -0.1) is 0 Å². The Labute approximate surface area is 320 Å². The predicted molar refractivity (Wildman–Crippen MR) is 218 cm³/mol. The van der Waals surface area contributed by atoms with Crippen LogP contribution in [-0.4, -0.2) is 57.0 Å². The van der Waals surface area contributed by atoms with E-state index in [0.29, 0.717) is 19.4 Å². The van der Waals surface area contributed by atoms with Gasteiger partial charge in [-0.2, -0.15) is 0 Å². The number of unbranched alkanes of at least 4 members (excludes halogenated alkanes) is 22. The summed E-state index contributed by atoms with van der Waals surface area (Å²) in [5.41, 5.74) is 0. The molecule has 0 aliphatic carbocycles. The number of carbonyl (C=O) groups is 3. The van der Waals surface area contributed by atoms with Gasteiger partial charge in [-0.05, 0) is 70.8 Å². The summed E-state index contributed by atoms with van der Waals surface area (Å²) in [6.07, 6.45) is 40.6. The second kappa shape index (κ2) is 41.4. The summed E-state index contributed by atoms with van der Waals surface area (Å²) < 4.78 is 16.1. The molecule has 0 fully saturated rings. The second-order valence-corrected chi connectivity index (χ2v) is 14.4. The number of nitrogens with one attached hydrogen (secondary N) is 2. The maximum absolute atomic E-state index is 12.4. The van der Waals surface area contributed by atoms with E-state index < -0.39 is 12.1 Å². The van der Waals surface area contributed by atoms with Gasteiger partial charge < -0.3 is 24.8 Å². The van der Waals surface area contributed by atoms with E-state index >= 15 is 0 Å². The number of esters is 2. The summed E-state index contributed by atoms with van der Waals surface area (Å²) in [5.74, 6) is -0.603. The Bertz CT molecular complexity index is 806. The molecule has 0 aromatic rings. The number of hydrogen-bond donors (Lipinski definition) is 2. The molecule has 0 atom stereocenters. The Kier molecular flexibility index (Phi) is 39.5. The van der Waals surface area contributed by atoms with Crippen molar-refractivity contribution in [1.29, 1.82) is 0 Å².